The van der Waals surface area contributed by atoms with Crippen molar-refractivity contribution in [2.24, 2.45) is 5.73 Å². The van der Waals surface area contributed by atoms with Gasteiger partial charge in [-0.1, -0.05) is 6.92 Å². The Hall–Kier alpha value is -1.60. The molecule has 1 fully saturated rings. The molecule has 1 heterocycles. The molecule has 2 N–H and O–H groups in total. The minimum absolute atomic E-state index is 0.0209. The van der Waals surface area contributed by atoms with Crippen molar-refractivity contribution in [3.8, 4) is 6.07 Å². The summed E-state index contributed by atoms with van der Waals surface area (Å²) >= 11 is 0. The SMILES string of the molecule is CC[C@H](N)c1ccc(N(CCC#N)C2CC2)cn1. The monoisotopic (exact) mass is 244 g/mol. The van der Waals surface area contributed by atoms with Gasteiger partial charge < -0.3 is 10.6 Å². The molecular formula is C14H20N4. The van der Waals surface area contributed by atoms with E-state index in [1.165, 1.54) is 12.8 Å². The predicted molar refractivity (Wildman–Crippen MR) is 72.1 cm³/mol. The van der Waals surface area contributed by atoms with E-state index in [9.17, 15) is 0 Å². The first-order chi connectivity index (χ1) is 8.76. The van der Waals surface area contributed by atoms with E-state index >= 15 is 0 Å². The van der Waals surface area contributed by atoms with E-state index in [4.69, 9.17) is 11.0 Å². The zero-order valence-corrected chi connectivity index (χ0v) is 10.8. The van der Waals surface area contributed by atoms with Gasteiger partial charge in [-0.3, -0.25) is 4.98 Å². The summed E-state index contributed by atoms with van der Waals surface area (Å²) in [4.78, 5) is 6.73. The second-order valence-corrected chi connectivity index (χ2v) is 4.79. The van der Waals surface area contributed by atoms with E-state index in [2.05, 4.69) is 28.9 Å². The lowest BCUT2D eigenvalue weighted by Gasteiger charge is -2.23. The van der Waals surface area contributed by atoms with Gasteiger partial charge in [-0.05, 0) is 31.4 Å². The molecule has 18 heavy (non-hydrogen) atoms. The molecule has 1 aliphatic rings. The maximum absolute atomic E-state index is 8.70. The maximum atomic E-state index is 8.70. The summed E-state index contributed by atoms with van der Waals surface area (Å²) in [5, 5.41) is 8.70. The van der Waals surface area contributed by atoms with Gasteiger partial charge in [0, 0.05) is 18.6 Å². The molecule has 0 spiro atoms. The Morgan fingerprint density at radius 3 is 2.83 bits per heavy atom. The van der Waals surface area contributed by atoms with Gasteiger partial charge >= 0.3 is 0 Å². The lowest BCUT2D eigenvalue weighted by molar-refractivity contribution is 0.674. The van der Waals surface area contributed by atoms with Crippen molar-refractivity contribution >= 4 is 5.69 Å². The fourth-order valence-corrected chi connectivity index (χ4v) is 2.08. The van der Waals surface area contributed by atoms with Gasteiger partial charge in [0.25, 0.3) is 0 Å². The topological polar surface area (TPSA) is 65.9 Å². The van der Waals surface area contributed by atoms with Crippen LogP contribution in [0, 0.1) is 11.3 Å². The molecule has 96 valence electrons. The van der Waals surface area contributed by atoms with Gasteiger partial charge in [0.15, 0.2) is 0 Å². The van der Waals surface area contributed by atoms with Crippen LogP contribution in [-0.2, 0) is 0 Å². The first-order valence-electron chi connectivity index (χ1n) is 6.61. The molecule has 0 aromatic carbocycles. The van der Waals surface area contributed by atoms with Crippen LogP contribution in [-0.4, -0.2) is 17.6 Å². The summed E-state index contributed by atoms with van der Waals surface area (Å²) in [6, 6.07) is 6.91. The van der Waals surface area contributed by atoms with Crippen molar-refractivity contribution in [1.29, 1.82) is 5.26 Å². The molecule has 4 heteroatoms. The molecule has 1 atom stereocenters. The Bertz CT molecular complexity index is 416. The lowest BCUT2D eigenvalue weighted by Crippen LogP contribution is -2.26. The number of nitrogens with two attached hydrogens (primary N) is 1. The summed E-state index contributed by atoms with van der Waals surface area (Å²) < 4.78 is 0. The molecule has 0 saturated heterocycles. The van der Waals surface area contributed by atoms with Crippen molar-refractivity contribution in [3.63, 3.8) is 0 Å². The molecule has 1 saturated carbocycles. The molecule has 1 aromatic rings. The van der Waals surface area contributed by atoms with Gasteiger partial charge in [-0.2, -0.15) is 5.26 Å². The van der Waals surface area contributed by atoms with Crippen LogP contribution in [0.5, 0.6) is 0 Å². The van der Waals surface area contributed by atoms with Gasteiger partial charge in [-0.15, -0.1) is 0 Å². The Morgan fingerprint density at radius 1 is 1.56 bits per heavy atom. The van der Waals surface area contributed by atoms with Gasteiger partial charge in [0.05, 0.1) is 30.1 Å². The molecule has 0 radical (unpaired) electrons. The highest BCUT2D eigenvalue weighted by Gasteiger charge is 2.29. The first kappa shape index (κ1) is 12.8. The third-order valence-electron chi connectivity index (χ3n) is 3.37. The molecule has 1 aliphatic carbocycles. The van der Waals surface area contributed by atoms with E-state index in [-0.39, 0.29) is 6.04 Å². The summed E-state index contributed by atoms with van der Waals surface area (Å²) in [5.74, 6) is 0. The van der Waals surface area contributed by atoms with Crippen LogP contribution < -0.4 is 10.6 Å². The normalized spacial score (nSPS) is 16.1. The quantitative estimate of drug-likeness (QED) is 0.834. The Labute approximate surface area is 108 Å². The summed E-state index contributed by atoms with van der Waals surface area (Å²) in [5.41, 5.74) is 8.01. The lowest BCUT2D eigenvalue weighted by atomic mass is 10.1. The third-order valence-corrected chi connectivity index (χ3v) is 3.37. The van der Waals surface area contributed by atoms with Gasteiger partial charge in [-0.25, -0.2) is 0 Å². The minimum atomic E-state index is 0.0209. The van der Waals surface area contributed by atoms with Gasteiger partial charge in [0.2, 0.25) is 0 Å². The van der Waals surface area contributed by atoms with E-state index in [1.54, 1.807) is 0 Å². The van der Waals surface area contributed by atoms with Crippen LogP contribution in [0.25, 0.3) is 0 Å². The van der Waals surface area contributed by atoms with E-state index in [0.717, 1.165) is 24.3 Å². The van der Waals surface area contributed by atoms with Crippen LogP contribution in [0.2, 0.25) is 0 Å². The number of aromatic nitrogens is 1. The average Bonchev–Trinajstić information content (AvgIpc) is 3.24. The molecule has 1 aromatic heterocycles. The molecule has 0 unspecified atom stereocenters. The third kappa shape index (κ3) is 2.99. The van der Waals surface area contributed by atoms with E-state index < -0.39 is 0 Å². The number of nitriles is 1. The van der Waals surface area contributed by atoms with E-state index in [0.29, 0.717) is 12.5 Å². The largest absolute Gasteiger partial charge is 0.366 e. The zero-order valence-electron chi connectivity index (χ0n) is 10.8. The van der Waals surface area contributed by atoms with Crippen molar-refractivity contribution in [3.05, 3.63) is 24.0 Å². The van der Waals surface area contributed by atoms with Crippen LogP contribution in [0.4, 0.5) is 5.69 Å². The Balaban J connectivity index is 2.08. The molecular weight excluding hydrogens is 224 g/mol. The zero-order chi connectivity index (χ0) is 13.0. The Kier molecular flexibility index (Phi) is 4.16. The smallest absolute Gasteiger partial charge is 0.0640 e. The first-order valence-corrected chi connectivity index (χ1v) is 6.61. The summed E-state index contributed by atoms with van der Waals surface area (Å²) in [7, 11) is 0. The number of nitrogens with zero attached hydrogens (tertiary/aromatic N) is 3. The second kappa shape index (κ2) is 5.83. The fourth-order valence-electron chi connectivity index (χ4n) is 2.08. The van der Waals surface area contributed by atoms with Crippen LogP contribution in [0.15, 0.2) is 18.3 Å². The number of anilines is 1. The Morgan fingerprint density at radius 2 is 2.33 bits per heavy atom. The average molecular weight is 244 g/mol. The summed E-state index contributed by atoms with van der Waals surface area (Å²) in [6.45, 7) is 2.85. The highest BCUT2D eigenvalue weighted by atomic mass is 15.2. The number of hydrogen-bond acceptors (Lipinski definition) is 4. The molecule has 4 nitrogen and oxygen atoms in total. The highest BCUT2D eigenvalue weighted by molar-refractivity contribution is 5.47. The van der Waals surface area contributed by atoms with Crippen molar-refractivity contribution in [2.45, 2.75) is 44.7 Å². The molecule has 2 rings (SSSR count). The standard InChI is InChI=1S/C14H20N4/c1-2-13(16)14-7-6-12(10-17-14)18(9-3-8-15)11-4-5-11/h6-7,10-11,13H,2-5,9,16H2,1H3/t13-/m0/s1. The van der Waals surface area contributed by atoms with E-state index in [1.807, 2.05) is 12.3 Å². The number of rotatable bonds is 6. The molecule has 0 bridgehead atoms. The molecule has 0 aliphatic heterocycles. The van der Waals surface area contributed by atoms with Crippen molar-refractivity contribution < 1.29 is 0 Å². The van der Waals surface area contributed by atoms with Crippen molar-refractivity contribution in [1.82, 2.24) is 4.98 Å². The van der Waals surface area contributed by atoms with Crippen molar-refractivity contribution in [2.75, 3.05) is 11.4 Å². The molecule has 0 amide bonds. The second-order valence-electron chi connectivity index (χ2n) is 4.79. The predicted octanol–water partition coefficient (Wildman–Crippen LogP) is 2.37. The highest BCUT2D eigenvalue weighted by Crippen LogP contribution is 2.31. The number of pyridine rings is 1. The van der Waals surface area contributed by atoms with Crippen LogP contribution in [0.3, 0.4) is 0 Å². The van der Waals surface area contributed by atoms with Crippen LogP contribution in [0.1, 0.15) is 44.3 Å². The minimum Gasteiger partial charge on any atom is -0.366 e. The fraction of sp³-hybridized carbons (Fsp3) is 0.571. The van der Waals surface area contributed by atoms with Gasteiger partial charge in [0.1, 0.15) is 0 Å². The maximum Gasteiger partial charge on any atom is 0.0640 e. The van der Waals surface area contributed by atoms with Crippen LogP contribution >= 0.6 is 0 Å². The number of hydrogen-bond donors (Lipinski definition) is 1. The summed E-state index contributed by atoms with van der Waals surface area (Å²) in [6.07, 6.45) is 5.80.